The lowest BCUT2D eigenvalue weighted by Gasteiger charge is -2.06. The molecule has 3 aromatic rings. The second kappa shape index (κ2) is 5.55. The van der Waals surface area contributed by atoms with Crippen molar-refractivity contribution in [3.8, 4) is 5.69 Å². The smallest absolute Gasteiger partial charge is 0.253 e. The molecule has 0 aliphatic rings. The lowest BCUT2D eigenvalue weighted by Crippen LogP contribution is -2.35. The van der Waals surface area contributed by atoms with Gasteiger partial charge in [0.2, 0.25) is 0 Å². The van der Waals surface area contributed by atoms with Crippen LogP contribution in [-0.4, -0.2) is 32.2 Å². The topological polar surface area (TPSA) is 111 Å². The molecule has 8 nitrogen and oxygen atoms in total. The molecular formula is C13H13N7O. The Morgan fingerprint density at radius 3 is 2.81 bits per heavy atom. The Labute approximate surface area is 120 Å². The zero-order valence-corrected chi connectivity index (χ0v) is 11.0. The molecule has 0 fully saturated rings. The largest absolute Gasteiger partial charge is 0.360 e. The van der Waals surface area contributed by atoms with Gasteiger partial charge in [-0.25, -0.2) is 20.5 Å². The fourth-order valence-electron chi connectivity index (χ4n) is 1.96. The third kappa shape index (κ3) is 2.51. The Morgan fingerprint density at radius 1 is 1.24 bits per heavy atom. The summed E-state index contributed by atoms with van der Waals surface area (Å²) in [5, 5.41) is 7.96. The Kier molecular flexibility index (Phi) is 3.44. The number of para-hydroxylation sites is 1. The van der Waals surface area contributed by atoms with Gasteiger partial charge in [-0.05, 0) is 12.1 Å². The Balaban J connectivity index is 1.98. The van der Waals surface area contributed by atoms with E-state index in [1.165, 1.54) is 6.33 Å². The van der Waals surface area contributed by atoms with Crippen LogP contribution < -0.4 is 16.6 Å². The highest BCUT2D eigenvalue weighted by Gasteiger charge is 2.11. The van der Waals surface area contributed by atoms with E-state index in [9.17, 15) is 4.79 Å². The molecule has 21 heavy (non-hydrogen) atoms. The van der Waals surface area contributed by atoms with Crippen molar-refractivity contribution >= 4 is 22.8 Å². The molecule has 0 bridgehead atoms. The summed E-state index contributed by atoms with van der Waals surface area (Å²) in [4.78, 5) is 19.6. The second-order valence-electron chi connectivity index (χ2n) is 4.27. The number of rotatable bonds is 4. The fourth-order valence-corrected chi connectivity index (χ4v) is 1.96. The van der Waals surface area contributed by atoms with E-state index < -0.39 is 0 Å². The number of amides is 1. The zero-order chi connectivity index (χ0) is 14.7. The molecule has 0 aliphatic heterocycles. The first-order valence-electron chi connectivity index (χ1n) is 6.27. The molecule has 0 saturated carbocycles. The van der Waals surface area contributed by atoms with E-state index in [0.29, 0.717) is 11.5 Å². The number of hydrogen-bond donors (Lipinski definition) is 3. The summed E-state index contributed by atoms with van der Waals surface area (Å²) in [6, 6.07) is 9.65. The van der Waals surface area contributed by atoms with Gasteiger partial charge in [0.25, 0.3) is 5.91 Å². The van der Waals surface area contributed by atoms with Crippen LogP contribution in [0.15, 0.2) is 42.9 Å². The molecule has 1 aromatic carbocycles. The van der Waals surface area contributed by atoms with Crippen molar-refractivity contribution in [2.24, 2.45) is 5.84 Å². The van der Waals surface area contributed by atoms with Gasteiger partial charge < -0.3 is 5.32 Å². The van der Waals surface area contributed by atoms with Crippen LogP contribution in [0.3, 0.4) is 0 Å². The first-order valence-corrected chi connectivity index (χ1v) is 6.27. The third-order valence-electron chi connectivity index (χ3n) is 2.94. The van der Waals surface area contributed by atoms with Crippen molar-refractivity contribution in [3.05, 3.63) is 42.9 Å². The van der Waals surface area contributed by atoms with Gasteiger partial charge in [0.05, 0.1) is 23.8 Å². The number of hydrazine groups is 1. The number of nitrogens with zero attached hydrogens (tertiary/aromatic N) is 4. The molecule has 1 amide bonds. The minimum absolute atomic E-state index is 0.0269. The number of carbonyl (C=O) groups is 1. The number of nitrogens with two attached hydrogens (primary N) is 1. The molecular weight excluding hydrogens is 270 g/mol. The van der Waals surface area contributed by atoms with Gasteiger partial charge in [0.1, 0.15) is 12.1 Å². The minimum Gasteiger partial charge on any atom is -0.360 e. The van der Waals surface area contributed by atoms with Gasteiger partial charge in [-0.15, -0.1) is 0 Å². The van der Waals surface area contributed by atoms with E-state index in [0.717, 1.165) is 11.1 Å². The number of hydrogen-bond acceptors (Lipinski definition) is 6. The van der Waals surface area contributed by atoms with E-state index in [-0.39, 0.29) is 12.5 Å². The quantitative estimate of drug-likeness (QED) is 0.359. The molecule has 4 N–H and O–H groups in total. The van der Waals surface area contributed by atoms with Crippen LogP contribution >= 0.6 is 0 Å². The van der Waals surface area contributed by atoms with Gasteiger partial charge in [-0.2, -0.15) is 5.10 Å². The maximum Gasteiger partial charge on any atom is 0.253 e. The van der Waals surface area contributed by atoms with Crippen LogP contribution in [0.2, 0.25) is 0 Å². The van der Waals surface area contributed by atoms with Crippen LogP contribution in [-0.2, 0) is 4.79 Å². The van der Waals surface area contributed by atoms with Crippen LogP contribution in [0.4, 0.5) is 5.82 Å². The van der Waals surface area contributed by atoms with Crippen molar-refractivity contribution < 1.29 is 4.79 Å². The van der Waals surface area contributed by atoms with Crippen molar-refractivity contribution in [2.75, 3.05) is 11.9 Å². The van der Waals surface area contributed by atoms with Crippen LogP contribution in [0, 0.1) is 0 Å². The SMILES string of the molecule is NNC(=O)CNc1ncnc2c1cnn2-c1ccccc1. The second-order valence-corrected chi connectivity index (χ2v) is 4.27. The number of benzene rings is 1. The zero-order valence-electron chi connectivity index (χ0n) is 11.0. The summed E-state index contributed by atoms with van der Waals surface area (Å²) in [6.07, 6.45) is 3.08. The first-order chi connectivity index (χ1) is 10.3. The Hall–Kier alpha value is -3.00. The van der Waals surface area contributed by atoms with Crippen molar-refractivity contribution in [3.63, 3.8) is 0 Å². The van der Waals surface area contributed by atoms with Crippen molar-refractivity contribution in [1.29, 1.82) is 0 Å². The molecule has 106 valence electrons. The van der Waals surface area contributed by atoms with Crippen LogP contribution in [0.25, 0.3) is 16.7 Å². The molecule has 8 heteroatoms. The van der Waals surface area contributed by atoms with Crippen LogP contribution in [0.1, 0.15) is 0 Å². The summed E-state index contributed by atoms with van der Waals surface area (Å²) in [5.41, 5.74) is 3.61. The molecule has 0 saturated heterocycles. The first kappa shape index (κ1) is 13.0. The predicted octanol–water partition coefficient (Wildman–Crippen LogP) is 0.217. The standard InChI is InChI=1S/C13H13N7O/c14-19-11(21)7-15-12-10-6-18-20(13(10)17-8-16-12)9-4-2-1-3-5-9/h1-6,8H,7,14H2,(H,19,21)(H,15,16,17). The number of carbonyl (C=O) groups excluding carboxylic acids is 1. The lowest BCUT2D eigenvalue weighted by molar-refractivity contribution is -0.119. The third-order valence-corrected chi connectivity index (χ3v) is 2.94. The fraction of sp³-hybridized carbons (Fsp3) is 0.0769. The molecule has 0 radical (unpaired) electrons. The molecule has 0 atom stereocenters. The molecule has 0 aliphatic carbocycles. The van der Waals surface area contributed by atoms with E-state index in [4.69, 9.17) is 5.84 Å². The number of aromatic nitrogens is 4. The normalized spacial score (nSPS) is 10.5. The van der Waals surface area contributed by atoms with Gasteiger partial charge >= 0.3 is 0 Å². The van der Waals surface area contributed by atoms with E-state index in [1.54, 1.807) is 10.9 Å². The van der Waals surface area contributed by atoms with Gasteiger partial charge in [0, 0.05) is 0 Å². The highest BCUT2D eigenvalue weighted by atomic mass is 16.2. The summed E-state index contributed by atoms with van der Waals surface area (Å²) in [7, 11) is 0. The number of fused-ring (bicyclic) bond motifs is 1. The molecule has 0 unspecified atom stereocenters. The van der Waals surface area contributed by atoms with Gasteiger partial charge in [-0.3, -0.25) is 10.2 Å². The van der Waals surface area contributed by atoms with E-state index in [1.807, 2.05) is 35.8 Å². The predicted molar refractivity (Wildman–Crippen MR) is 77.5 cm³/mol. The maximum absolute atomic E-state index is 11.2. The number of nitrogens with one attached hydrogen (secondary N) is 2. The highest BCUT2D eigenvalue weighted by Crippen LogP contribution is 2.21. The summed E-state index contributed by atoms with van der Waals surface area (Å²) >= 11 is 0. The van der Waals surface area contributed by atoms with Gasteiger partial charge in [0.15, 0.2) is 5.65 Å². The minimum atomic E-state index is -0.336. The maximum atomic E-state index is 11.2. The molecule has 3 rings (SSSR count). The molecule has 2 aromatic heterocycles. The Bertz CT molecular complexity index is 769. The highest BCUT2D eigenvalue weighted by molar-refractivity contribution is 5.89. The Morgan fingerprint density at radius 2 is 2.05 bits per heavy atom. The summed E-state index contributed by atoms with van der Waals surface area (Å²) < 4.78 is 1.71. The van der Waals surface area contributed by atoms with E-state index in [2.05, 4.69) is 20.4 Å². The van der Waals surface area contributed by atoms with Crippen molar-refractivity contribution in [2.45, 2.75) is 0 Å². The van der Waals surface area contributed by atoms with Crippen LogP contribution in [0.5, 0.6) is 0 Å². The van der Waals surface area contributed by atoms with Crippen molar-refractivity contribution in [1.82, 2.24) is 25.2 Å². The monoisotopic (exact) mass is 283 g/mol. The van der Waals surface area contributed by atoms with Gasteiger partial charge in [-0.1, -0.05) is 18.2 Å². The number of anilines is 1. The average molecular weight is 283 g/mol. The molecule has 2 heterocycles. The summed E-state index contributed by atoms with van der Waals surface area (Å²) in [5.74, 6) is 5.24. The lowest BCUT2D eigenvalue weighted by atomic mass is 10.3. The average Bonchev–Trinajstić information content (AvgIpc) is 2.98. The summed E-state index contributed by atoms with van der Waals surface area (Å²) in [6.45, 7) is 0.0269. The van der Waals surface area contributed by atoms with E-state index >= 15 is 0 Å². The molecule has 0 spiro atoms.